The fourth-order valence-corrected chi connectivity index (χ4v) is 3.22. The Hall–Kier alpha value is -2.66. The van der Waals surface area contributed by atoms with E-state index in [0.29, 0.717) is 29.6 Å². The molecule has 0 saturated carbocycles. The lowest BCUT2D eigenvalue weighted by molar-refractivity contribution is -0.692. The van der Waals surface area contributed by atoms with Gasteiger partial charge in [0.15, 0.2) is 6.54 Å². The van der Waals surface area contributed by atoms with E-state index in [-0.39, 0.29) is 17.9 Å². The van der Waals surface area contributed by atoms with Crippen LogP contribution in [0.15, 0.2) is 48.5 Å². The molecule has 0 unspecified atom stereocenters. The number of hydrogen-bond donors (Lipinski definition) is 3. The summed E-state index contributed by atoms with van der Waals surface area (Å²) in [5.74, 6) is 0.645. The smallest absolute Gasteiger partial charge is 0.279 e. The monoisotopic (exact) mass is 382 g/mol. The average molecular weight is 383 g/mol. The number of benzene rings is 2. The minimum atomic E-state index is -0.174. The molecule has 5 nitrogen and oxygen atoms in total. The van der Waals surface area contributed by atoms with Crippen LogP contribution in [0, 0.1) is 5.92 Å². The molecule has 2 aromatic carbocycles. The third kappa shape index (κ3) is 5.92. The molecule has 0 aliphatic rings. The van der Waals surface area contributed by atoms with Gasteiger partial charge in [-0.25, -0.2) is 0 Å². The highest BCUT2D eigenvalue weighted by Gasteiger charge is 2.20. The van der Waals surface area contributed by atoms with E-state index in [2.05, 4.69) is 67.9 Å². The quantitative estimate of drug-likeness (QED) is 0.656. The molecule has 0 aromatic heterocycles. The van der Waals surface area contributed by atoms with E-state index in [4.69, 9.17) is 0 Å². The largest absolute Gasteiger partial charge is 0.355 e. The van der Waals surface area contributed by atoms with E-state index < -0.39 is 0 Å². The summed E-state index contributed by atoms with van der Waals surface area (Å²) in [7, 11) is 1.59. The molecular formula is C23H32N3O2+. The number of anilines is 1. The second kappa shape index (κ2) is 10.0. The zero-order chi connectivity index (χ0) is 20.7. The van der Waals surface area contributed by atoms with Crippen molar-refractivity contribution in [2.45, 2.75) is 39.7 Å². The van der Waals surface area contributed by atoms with Crippen LogP contribution in [-0.2, 0) is 4.79 Å². The van der Waals surface area contributed by atoms with Crippen LogP contribution >= 0.6 is 0 Å². The van der Waals surface area contributed by atoms with Gasteiger partial charge in [0.25, 0.3) is 11.8 Å². The van der Waals surface area contributed by atoms with E-state index in [1.165, 1.54) is 11.1 Å². The van der Waals surface area contributed by atoms with E-state index in [1.807, 2.05) is 0 Å². The van der Waals surface area contributed by atoms with Crippen molar-refractivity contribution < 1.29 is 14.9 Å². The maximum atomic E-state index is 12.4. The molecule has 0 bridgehead atoms. The number of nitrogens with one attached hydrogen (secondary N) is 2. The molecular weight excluding hydrogens is 350 g/mol. The lowest BCUT2D eigenvalue weighted by Crippen LogP contribution is -2.88. The van der Waals surface area contributed by atoms with Gasteiger partial charge in [-0.2, -0.15) is 0 Å². The zero-order valence-electron chi connectivity index (χ0n) is 17.5. The Morgan fingerprint density at radius 2 is 1.61 bits per heavy atom. The second-order valence-electron chi connectivity index (χ2n) is 7.74. The molecule has 0 fully saturated rings. The van der Waals surface area contributed by atoms with Gasteiger partial charge in [0, 0.05) is 29.8 Å². The Labute approximate surface area is 167 Å². The molecule has 0 aliphatic heterocycles. The molecule has 2 rings (SSSR count). The van der Waals surface area contributed by atoms with Gasteiger partial charge < -0.3 is 16.0 Å². The number of carbonyl (C=O) groups excluding carboxylic acids is 2. The Morgan fingerprint density at radius 3 is 2.18 bits per heavy atom. The molecule has 5 heteroatoms. The van der Waals surface area contributed by atoms with Crippen LogP contribution in [-0.4, -0.2) is 25.4 Å². The summed E-state index contributed by atoms with van der Waals surface area (Å²) in [5.41, 5.74) is 3.70. The number of amides is 2. The third-order valence-corrected chi connectivity index (χ3v) is 4.90. The summed E-state index contributed by atoms with van der Waals surface area (Å²) in [6.07, 6.45) is 0. The summed E-state index contributed by atoms with van der Waals surface area (Å²) < 4.78 is 0. The molecule has 1 atom stereocenters. The van der Waals surface area contributed by atoms with Crippen molar-refractivity contribution in [2.75, 3.05) is 18.9 Å². The van der Waals surface area contributed by atoms with Crippen molar-refractivity contribution in [3.05, 3.63) is 65.2 Å². The summed E-state index contributed by atoms with van der Waals surface area (Å²) >= 11 is 0. The van der Waals surface area contributed by atoms with Gasteiger partial charge >= 0.3 is 0 Å². The van der Waals surface area contributed by atoms with Crippen LogP contribution in [0.3, 0.4) is 0 Å². The van der Waals surface area contributed by atoms with Gasteiger partial charge in [0.2, 0.25) is 0 Å². The first kappa shape index (κ1) is 21.6. The van der Waals surface area contributed by atoms with Crippen LogP contribution in [0.1, 0.15) is 61.1 Å². The molecule has 0 radical (unpaired) electrons. The van der Waals surface area contributed by atoms with Crippen molar-refractivity contribution in [2.24, 2.45) is 5.92 Å². The van der Waals surface area contributed by atoms with Gasteiger partial charge in [0.1, 0.15) is 6.04 Å². The second-order valence-corrected chi connectivity index (χ2v) is 7.74. The summed E-state index contributed by atoms with van der Waals surface area (Å²) in [5, 5.41) is 7.54. The minimum absolute atomic E-state index is 0.0847. The first-order valence-electron chi connectivity index (χ1n) is 9.87. The SMILES string of the molecule is CNC(=O)c1cccc(NC(=O)C[NH2+][C@H](c2ccc(C(C)C)cc2)C(C)C)c1. The Bertz CT molecular complexity index is 798. The van der Waals surface area contributed by atoms with Crippen LogP contribution < -0.4 is 16.0 Å². The van der Waals surface area contributed by atoms with Gasteiger partial charge in [-0.3, -0.25) is 9.59 Å². The van der Waals surface area contributed by atoms with Gasteiger partial charge in [-0.15, -0.1) is 0 Å². The molecule has 0 heterocycles. The predicted octanol–water partition coefficient (Wildman–Crippen LogP) is 3.07. The standard InChI is InChI=1S/C23H31N3O2/c1-15(2)17-9-11-18(12-10-17)22(16(3)4)25-14-21(27)26-20-8-6-7-19(13-20)23(28)24-5/h6-13,15-16,22,25H,14H2,1-5H3,(H,24,28)(H,26,27)/p+1/t22-/m0/s1. The molecule has 2 aromatic rings. The molecule has 0 aliphatic carbocycles. The van der Waals surface area contributed by atoms with Crippen LogP contribution in [0.25, 0.3) is 0 Å². The Morgan fingerprint density at radius 1 is 0.964 bits per heavy atom. The maximum absolute atomic E-state index is 12.4. The van der Waals surface area contributed by atoms with Crippen molar-refractivity contribution in [1.29, 1.82) is 0 Å². The summed E-state index contributed by atoms with van der Waals surface area (Å²) in [4.78, 5) is 24.2. The van der Waals surface area contributed by atoms with Gasteiger partial charge in [-0.1, -0.05) is 58.0 Å². The third-order valence-electron chi connectivity index (χ3n) is 4.90. The number of quaternary nitrogens is 1. The number of rotatable bonds is 8. The normalized spacial score (nSPS) is 12.1. The molecule has 0 saturated heterocycles. The summed E-state index contributed by atoms with van der Waals surface area (Å²) in [6, 6.07) is 15.8. The first-order chi connectivity index (χ1) is 13.3. The zero-order valence-corrected chi connectivity index (χ0v) is 17.5. The lowest BCUT2D eigenvalue weighted by atomic mass is 9.93. The van der Waals surface area contributed by atoms with Crippen LogP contribution in [0.5, 0.6) is 0 Å². The number of nitrogens with two attached hydrogens (primary N) is 1. The van der Waals surface area contributed by atoms with Crippen LogP contribution in [0.2, 0.25) is 0 Å². The van der Waals surface area contributed by atoms with E-state index in [0.717, 1.165) is 0 Å². The number of hydrogen-bond acceptors (Lipinski definition) is 2. The highest BCUT2D eigenvalue weighted by atomic mass is 16.2. The highest BCUT2D eigenvalue weighted by Crippen LogP contribution is 2.21. The highest BCUT2D eigenvalue weighted by molar-refractivity contribution is 5.97. The van der Waals surface area contributed by atoms with Gasteiger partial charge in [-0.05, 0) is 29.7 Å². The van der Waals surface area contributed by atoms with Crippen LogP contribution in [0.4, 0.5) is 5.69 Å². The fourth-order valence-electron chi connectivity index (χ4n) is 3.22. The lowest BCUT2D eigenvalue weighted by Gasteiger charge is -2.20. The predicted molar refractivity (Wildman–Crippen MR) is 113 cm³/mol. The topological polar surface area (TPSA) is 74.8 Å². The van der Waals surface area contributed by atoms with Gasteiger partial charge in [0.05, 0.1) is 0 Å². The Balaban J connectivity index is 2.00. The molecule has 2 amide bonds. The first-order valence-corrected chi connectivity index (χ1v) is 9.87. The van der Waals surface area contributed by atoms with E-state index in [1.54, 1.807) is 31.3 Å². The minimum Gasteiger partial charge on any atom is -0.355 e. The fraction of sp³-hybridized carbons (Fsp3) is 0.391. The van der Waals surface area contributed by atoms with Crippen molar-refractivity contribution in [3.63, 3.8) is 0 Å². The van der Waals surface area contributed by atoms with E-state index in [9.17, 15) is 9.59 Å². The summed E-state index contributed by atoms with van der Waals surface area (Å²) in [6.45, 7) is 9.03. The van der Waals surface area contributed by atoms with Crippen molar-refractivity contribution in [3.8, 4) is 0 Å². The molecule has 150 valence electrons. The average Bonchev–Trinajstić information content (AvgIpc) is 2.67. The van der Waals surface area contributed by atoms with Crippen molar-refractivity contribution in [1.82, 2.24) is 5.32 Å². The molecule has 4 N–H and O–H groups in total. The molecule has 28 heavy (non-hydrogen) atoms. The van der Waals surface area contributed by atoms with E-state index >= 15 is 0 Å². The molecule has 0 spiro atoms. The van der Waals surface area contributed by atoms with Crippen molar-refractivity contribution >= 4 is 17.5 Å². The number of carbonyl (C=O) groups is 2. The Kier molecular flexibility index (Phi) is 7.76. The maximum Gasteiger partial charge on any atom is 0.279 e.